The number of pyridine rings is 1. The van der Waals surface area contributed by atoms with Crippen molar-refractivity contribution in [1.82, 2.24) is 15.6 Å². The van der Waals surface area contributed by atoms with Crippen LogP contribution in [0.3, 0.4) is 0 Å². The van der Waals surface area contributed by atoms with Gasteiger partial charge in [-0.05, 0) is 42.7 Å². The number of rotatable bonds is 6. The number of carbonyl (C=O) groups excluding carboxylic acids is 1. The molecule has 0 bridgehead atoms. The molecule has 27 heavy (non-hydrogen) atoms. The number of benzene rings is 1. The van der Waals surface area contributed by atoms with Crippen LogP contribution in [0.1, 0.15) is 18.1 Å². The van der Waals surface area contributed by atoms with Crippen molar-refractivity contribution in [3.63, 3.8) is 0 Å². The fourth-order valence-electron chi connectivity index (χ4n) is 2.95. The van der Waals surface area contributed by atoms with Gasteiger partial charge in [0.25, 0.3) is 0 Å². The van der Waals surface area contributed by atoms with Crippen molar-refractivity contribution < 1.29 is 9.53 Å². The molecule has 2 heterocycles. The largest absolute Gasteiger partial charge is 0.375 e. The summed E-state index contributed by atoms with van der Waals surface area (Å²) in [5.41, 5.74) is 2.10. The summed E-state index contributed by atoms with van der Waals surface area (Å²) in [6.07, 6.45) is 2.79. The second-order valence-corrected chi connectivity index (χ2v) is 7.07. The van der Waals surface area contributed by atoms with Crippen molar-refractivity contribution in [3.05, 3.63) is 58.7 Å². The van der Waals surface area contributed by atoms with Crippen LogP contribution in [0.15, 0.2) is 42.6 Å². The number of amides is 2. The number of carbonyl (C=O) groups is 1. The summed E-state index contributed by atoms with van der Waals surface area (Å²) >= 11 is 5.86. The number of halogens is 1. The average molecular weight is 389 g/mol. The van der Waals surface area contributed by atoms with E-state index in [1.54, 1.807) is 0 Å². The first kappa shape index (κ1) is 19.5. The Kier molecular flexibility index (Phi) is 6.90. The number of anilines is 1. The standard InChI is InChI=1S/C20H25ClN4O2/c1-15-14-25(10-11-27-15)19-7-4-17(12-23-19)13-24-20(26)22-9-8-16-2-5-18(21)6-3-16/h2-7,12,15H,8-11,13-14H2,1H3,(H2,22,24,26). The molecule has 1 aliphatic rings. The molecular weight excluding hydrogens is 364 g/mol. The van der Waals surface area contributed by atoms with Gasteiger partial charge >= 0.3 is 6.03 Å². The molecular formula is C20H25ClN4O2. The molecule has 1 saturated heterocycles. The topological polar surface area (TPSA) is 66.5 Å². The van der Waals surface area contributed by atoms with E-state index in [-0.39, 0.29) is 12.1 Å². The monoisotopic (exact) mass is 388 g/mol. The van der Waals surface area contributed by atoms with Crippen molar-refractivity contribution >= 4 is 23.4 Å². The lowest BCUT2D eigenvalue weighted by Gasteiger charge is -2.32. The summed E-state index contributed by atoms with van der Waals surface area (Å²) < 4.78 is 5.55. The minimum atomic E-state index is -0.185. The number of hydrogen-bond donors (Lipinski definition) is 2. The number of urea groups is 1. The van der Waals surface area contributed by atoms with Crippen LogP contribution in [0.2, 0.25) is 5.02 Å². The first-order chi connectivity index (χ1) is 13.1. The average Bonchev–Trinajstić information content (AvgIpc) is 2.68. The van der Waals surface area contributed by atoms with Gasteiger partial charge in [0.15, 0.2) is 0 Å². The van der Waals surface area contributed by atoms with Gasteiger partial charge in [-0.3, -0.25) is 0 Å². The van der Waals surface area contributed by atoms with Gasteiger partial charge < -0.3 is 20.3 Å². The summed E-state index contributed by atoms with van der Waals surface area (Å²) in [6.45, 7) is 5.50. The highest BCUT2D eigenvalue weighted by atomic mass is 35.5. The Hall–Kier alpha value is -2.31. The lowest BCUT2D eigenvalue weighted by Crippen LogP contribution is -2.41. The number of hydrogen-bond acceptors (Lipinski definition) is 4. The molecule has 0 aliphatic carbocycles. The predicted molar refractivity (Wildman–Crippen MR) is 107 cm³/mol. The first-order valence-corrected chi connectivity index (χ1v) is 9.55. The van der Waals surface area contributed by atoms with Crippen LogP contribution >= 0.6 is 11.6 Å². The molecule has 1 atom stereocenters. The number of morpholine rings is 1. The molecule has 7 heteroatoms. The van der Waals surface area contributed by atoms with Crippen molar-refractivity contribution in [1.29, 1.82) is 0 Å². The van der Waals surface area contributed by atoms with Crippen molar-refractivity contribution in [2.45, 2.75) is 26.0 Å². The maximum absolute atomic E-state index is 11.9. The smallest absolute Gasteiger partial charge is 0.315 e. The van der Waals surface area contributed by atoms with Gasteiger partial charge in [0.05, 0.1) is 12.7 Å². The van der Waals surface area contributed by atoms with E-state index in [0.29, 0.717) is 18.1 Å². The molecule has 6 nitrogen and oxygen atoms in total. The predicted octanol–water partition coefficient (Wildman–Crippen LogP) is 3.00. The van der Waals surface area contributed by atoms with E-state index in [1.165, 1.54) is 0 Å². The number of aromatic nitrogens is 1. The Bertz CT molecular complexity index is 737. The molecule has 144 valence electrons. The lowest BCUT2D eigenvalue weighted by atomic mass is 10.1. The van der Waals surface area contributed by atoms with Crippen molar-refractivity contribution in [2.75, 3.05) is 31.1 Å². The molecule has 1 aliphatic heterocycles. The van der Waals surface area contributed by atoms with Crippen molar-refractivity contribution in [2.24, 2.45) is 0 Å². The number of nitrogens with zero attached hydrogens (tertiary/aromatic N) is 2. The van der Waals surface area contributed by atoms with Crippen LogP contribution in [-0.2, 0) is 17.7 Å². The Morgan fingerprint density at radius 3 is 2.70 bits per heavy atom. The molecule has 0 spiro atoms. The first-order valence-electron chi connectivity index (χ1n) is 9.18. The Balaban J connectivity index is 1.38. The molecule has 2 N–H and O–H groups in total. The van der Waals surface area contributed by atoms with E-state index >= 15 is 0 Å². The maximum Gasteiger partial charge on any atom is 0.315 e. The van der Waals surface area contributed by atoms with E-state index in [1.807, 2.05) is 42.6 Å². The number of nitrogens with one attached hydrogen (secondary N) is 2. The SMILES string of the molecule is CC1CN(c2ccc(CNC(=O)NCCc3ccc(Cl)cc3)cn2)CCO1. The van der Waals surface area contributed by atoms with Crippen LogP contribution in [0.5, 0.6) is 0 Å². The van der Waals surface area contributed by atoms with Crippen LogP contribution < -0.4 is 15.5 Å². The summed E-state index contributed by atoms with van der Waals surface area (Å²) in [5, 5.41) is 6.43. The quantitative estimate of drug-likeness (QED) is 0.798. The Labute approximate surface area is 164 Å². The summed E-state index contributed by atoms with van der Waals surface area (Å²) in [5.74, 6) is 0.946. The molecule has 2 aromatic rings. The molecule has 1 aromatic heterocycles. The highest BCUT2D eigenvalue weighted by molar-refractivity contribution is 6.30. The Morgan fingerprint density at radius 2 is 2.00 bits per heavy atom. The maximum atomic E-state index is 11.9. The van der Waals surface area contributed by atoms with Gasteiger partial charge in [-0.2, -0.15) is 0 Å². The molecule has 0 saturated carbocycles. The van der Waals surface area contributed by atoms with Gasteiger partial charge in [-0.15, -0.1) is 0 Å². The second kappa shape index (κ2) is 9.58. The Morgan fingerprint density at radius 1 is 1.22 bits per heavy atom. The van der Waals surface area contributed by atoms with E-state index < -0.39 is 0 Å². The van der Waals surface area contributed by atoms with Crippen LogP contribution in [0, 0.1) is 0 Å². The third-order valence-electron chi connectivity index (χ3n) is 4.44. The fourth-order valence-corrected chi connectivity index (χ4v) is 3.08. The number of ether oxygens (including phenoxy) is 1. The summed E-state index contributed by atoms with van der Waals surface area (Å²) in [7, 11) is 0. The third kappa shape index (κ3) is 6.12. The van der Waals surface area contributed by atoms with E-state index in [0.717, 1.165) is 43.1 Å². The summed E-state index contributed by atoms with van der Waals surface area (Å²) in [4.78, 5) is 18.7. The van der Waals surface area contributed by atoms with Gasteiger partial charge in [0.2, 0.25) is 0 Å². The van der Waals surface area contributed by atoms with Crippen LogP contribution in [0.4, 0.5) is 10.6 Å². The highest BCUT2D eigenvalue weighted by Crippen LogP contribution is 2.15. The van der Waals surface area contributed by atoms with Gasteiger partial charge in [0.1, 0.15) is 5.82 Å². The molecule has 1 unspecified atom stereocenters. The fraction of sp³-hybridized carbons (Fsp3) is 0.400. The molecule has 0 radical (unpaired) electrons. The normalized spacial score (nSPS) is 16.8. The zero-order valence-corrected chi connectivity index (χ0v) is 16.2. The second-order valence-electron chi connectivity index (χ2n) is 6.64. The van der Waals surface area contributed by atoms with E-state index in [9.17, 15) is 4.79 Å². The molecule has 1 aromatic carbocycles. The van der Waals surface area contributed by atoms with Crippen LogP contribution in [-0.4, -0.2) is 43.4 Å². The van der Waals surface area contributed by atoms with Crippen molar-refractivity contribution in [3.8, 4) is 0 Å². The van der Waals surface area contributed by atoms with Gasteiger partial charge in [0, 0.05) is 37.4 Å². The third-order valence-corrected chi connectivity index (χ3v) is 4.69. The molecule has 1 fully saturated rings. The van der Waals surface area contributed by atoms with E-state index in [4.69, 9.17) is 16.3 Å². The summed E-state index contributed by atoms with van der Waals surface area (Å²) in [6, 6.07) is 11.4. The minimum absolute atomic E-state index is 0.185. The van der Waals surface area contributed by atoms with E-state index in [2.05, 4.69) is 27.4 Å². The van der Waals surface area contributed by atoms with Crippen LogP contribution in [0.25, 0.3) is 0 Å². The van der Waals surface area contributed by atoms with Gasteiger partial charge in [-0.1, -0.05) is 29.8 Å². The molecule has 3 rings (SSSR count). The van der Waals surface area contributed by atoms with Gasteiger partial charge in [-0.25, -0.2) is 9.78 Å². The lowest BCUT2D eigenvalue weighted by molar-refractivity contribution is 0.0529. The highest BCUT2D eigenvalue weighted by Gasteiger charge is 2.17. The zero-order valence-electron chi connectivity index (χ0n) is 15.5. The molecule has 2 amide bonds. The zero-order chi connectivity index (χ0) is 19.1. The minimum Gasteiger partial charge on any atom is -0.375 e.